The molecule has 2 aliphatic heterocycles. The summed E-state index contributed by atoms with van der Waals surface area (Å²) in [6, 6.07) is 2.00. The molecule has 2 atom stereocenters. The maximum atomic E-state index is 5.69. The molecule has 2 unspecified atom stereocenters. The van der Waals surface area contributed by atoms with Gasteiger partial charge < -0.3 is 9.64 Å². The third-order valence-electron chi connectivity index (χ3n) is 4.72. The monoisotopic (exact) mass is 304 g/mol. The first kappa shape index (κ1) is 15.5. The van der Waals surface area contributed by atoms with Gasteiger partial charge >= 0.3 is 0 Å². The van der Waals surface area contributed by atoms with Gasteiger partial charge in [0.15, 0.2) is 5.82 Å². The second kappa shape index (κ2) is 6.41. The molecule has 5 nitrogen and oxygen atoms in total. The number of hydrogen-bond donors (Lipinski definition) is 0. The predicted octanol–water partition coefficient (Wildman–Crippen LogP) is 2.72. The molecule has 0 amide bonds. The molecular formula is C17H28N4O. The third-order valence-corrected chi connectivity index (χ3v) is 4.72. The number of hydrogen-bond acceptors (Lipinski definition) is 5. The van der Waals surface area contributed by atoms with Crippen molar-refractivity contribution in [2.75, 3.05) is 18.0 Å². The zero-order chi connectivity index (χ0) is 15.7. The van der Waals surface area contributed by atoms with E-state index in [4.69, 9.17) is 4.74 Å². The van der Waals surface area contributed by atoms with Crippen molar-refractivity contribution in [3.8, 4) is 5.88 Å². The molecule has 1 aromatic rings. The number of fused-ring (bicyclic) bond motifs is 2. The quantitative estimate of drug-likeness (QED) is 0.855. The van der Waals surface area contributed by atoms with Gasteiger partial charge in [0.2, 0.25) is 5.88 Å². The second-order valence-electron chi connectivity index (χ2n) is 7.04. The van der Waals surface area contributed by atoms with E-state index in [9.17, 15) is 0 Å². The molecule has 0 aliphatic carbocycles. The summed E-state index contributed by atoms with van der Waals surface area (Å²) in [4.78, 5) is 14.1. The van der Waals surface area contributed by atoms with Crippen LogP contribution in [0.1, 0.15) is 47.0 Å². The minimum Gasteiger partial charge on any atom is -0.474 e. The summed E-state index contributed by atoms with van der Waals surface area (Å²) in [5.74, 6) is 1.58. The van der Waals surface area contributed by atoms with Crippen LogP contribution in [0.3, 0.4) is 0 Å². The average Bonchev–Trinajstić information content (AvgIpc) is 2.73. The Kier molecular flexibility index (Phi) is 4.52. The lowest BCUT2D eigenvalue weighted by molar-refractivity contribution is 0.158. The van der Waals surface area contributed by atoms with Gasteiger partial charge in [0.05, 0.1) is 18.5 Å². The van der Waals surface area contributed by atoms with Crippen LogP contribution < -0.4 is 9.64 Å². The lowest BCUT2D eigenvalue weighted by Crippen LogP contribution is -2.43. The van der Waals surface area contributed by atoms with Crippen molar-refractivity contribution in [3.63, 3.8) is 0 Å². The highest BCUT2D eigenvalue weighted by atomic mass is 16.5. The van der Waals surface area contributed by atoms with Crippen LogP contribution in [0, 0.1) is 0 Å². The minimum atomic E-state index is 0.126. The highest BCUT2D eigenvalue weighted by molar-refractivity contribution is 5.38. The van der Waals surface area contributed by atoms with Gasteiger partial charge in [-0.3, -0.25) is 9.88 Å². The van der Waals surface area contributed by atoms with E-state index in [0.717, 1.165) is 24.9 Å². The molecule has 1 aromatic heterocycles. The molecule has 122 valence electrons. The van der Waals surface area contributed by atoms with Crippen molar-refractivity contribution in [2.24, 2.45) is 0 Å². The standard InChI is InChI=1S/C17H28N4O/c1-12(2)21-14-5-6-15(21)11-20(8-7-14)16-9-18-10-17(19-16)22-13(3)4/h9-10,12-15H,5-8,11H2,1-4H3. The van der Waals surface area contributed by atoms with Crippen LogP contribution in [-0.2, 0) is 0 Å². The molecule has 0 N–H and O–H groups in total. The van der Waals surface area contributed by atoms with Crippen molar-refractivity contribution in [3.05, 3.63) is 12.4 Å². The van der Waals surface area contributed by atoms with E-state index in [1.54, 1.807) is 6.20 Å². The lowest BCUT2D eigenvalue weighted by atomic mass is 10.1. The first-order valence-corrected chi connectivity index (χ1v) is 8.55. The molecule has 2 fully saturated rings. The van der Waals surface area contributed by atoms with Crippen LogP contribution in [0.25, 0.3) is 0 Å². The topological polar surface area (TPSA) is 41.5 Å². The molecule has 2 saturated heterocycles. The number of rotatable bonds is 4. The predicted molar refractivity (Wildman–Crippen MR) is 88.4 cm³/mol. The van der Waals surface area contributed by atoms with E-state index in [1.165, 1.54) is 19.3 Å². The van der Waals surface area contributed by atoms with E-state index in [2.05, 4.69) is 33.6 Å². The molecule has 2 bridgehead atoms. The Bertz CT molecular complexity index is 505. The molecule has 3 rings (SSSR count). The Hall–Kier alpha value is -1.36. The lowest BCUT2D eigenvalue weighted by Gasteiger charge is -2.32. The van der Waals surface area contributed by atoms with E-state index in [1.807, 2.05) is 20.0 Å². The summed E-state index contributed by atoms with van der Waals surface area (Å²) in [6.07, 6.45) is 7.56. The van der Waals surface area contributed by atoms with E-state index in [-0.39, 0.29) is 6.10 Å². The molecule has 0 radical (unpaired) electrons. The highest BCUT2D eigenvalue weighted by Gasteiger charge is 2.38. The SMILES string of the molecule is CC(C)Oc1cncc(N2CCC3CCC(C2)N3C(C)C)n1. The fourth-order valence-corrected chi connectivity index (χ4v) is 3.95. The van der Waals surface area contributed by atoms with Gasteiger partial charge in [-0.2, -0.15) is 4.98 Å². The van der Waals surface area contributed by atoms with Gasteiger partial charge in [-0.25, -0.2) is 0 Å². The molecule has 0 spiro atoms. The van der Waals surface area contributed by atoms with Crippen LogP contribution in [0.4, 0.5) is 5.82 Å². The van der Waals surface area contributed by atoms with Gasteiger partial charge in [0, 0.05) is 31.2 Å². The number of aromatic nitrogens is 2. The normalized spacial score (nSPS) is 25.8. The Labute approximate surface area is 133 Å². The maximum absolute atomic E-state index is 5.69. The molecule has 5 heteroatoms. The Morgan fingerprint density at radius 2 is 1.86 bits per heavy atom. The smallest absolute Gasteiger partial charge is 0.234 e. The Balaban J connectivity index is 1.76. The minimum absolute atomic E-state index is 0.126. The molecule has 0 aromatic carbocycles. The van der Waals surface area contributed by atoms with Gasteiger partial charge in [-0.1, -0.05) is 0 Å². The van der Waals surface area contributed by atoms with Crippen molar-refractivity contribution < 1.29 is 4.74 Å². The summed E-state index contributed by atoms with van der Waals surface area (Å²) in [7, 11) is 0. The maximum Gasteiger partial charge on any atom is 0.234 e. The van der Waals surface area contributed by atoms with Crippen molar-refractivity contribution in [1.29, 1.82) is 0 Å². The zero-order valence-electron chi connectivity index (χ0n) is 14.2. The van der Waals surface area contributed by atoms with E-state index < -0.39 is 0 Å². The first-order valence-electron chi connectivity index (χ1n) is 8.55. The van der Waals surface area contributed by atoms with Crippen LogP contribution >= 0.6 is 0 Å². The first-order chi connectivity index (χ1) is 10.5. The second-order valence-corrected chi connectivity index (χ2v) is 7.04. The molecule has 2 aliphatic rings. The fourth-order valence-electron chi connectivity index (χ4n) is 3.95. The third kappa shape index (κ3) is 3.19. The van der Waals surface area contributed by atoms with Crippen molar-refractivity contribution in [1.82, 2.24) is 14.9 Å². The molecule has 3 heterocycles. The largest absolute Gasteiger partial charge is 0.474 e. The van der Waals surface area contributed by atoms with Crippen LogP contribution in [0.5, 0.6) is 5.88 Å². The fraction of sp³-hybridized carbons (Fsp3) is 0.765. The summed E-state index contributed by atoms with van der Waals surface area (Å²) in [6.45, 7) is 10.8. The van der Waals surface area contributed by atoms with Crippen LogP contribution in [0.2, 0.25) is 0 Å². The Morgan fingerprint density at radius 1 is 1.09 bits per heavy atom. The van der Waals surface area contributed by atoms with Gasteiger partial charge in [-0.05, 0) is 47.0 Å². The van der Waals surface area contributed by atoms with Crippen molar-refractivity contribution >= 4 is 5.82 Å². The highest BCUT2D eigenvalue weighted by Crippen LogP contribution is 2.33. The van der Waals surface area contributed by atoms with Crippen LogP contribution in [0.15, 0.2) is 12.4 Å². The molecular weight excluding hydrogens is 276 g/mol. The summed E-state index contributed by atoms with van der Waals surface area (Å²) < 4.78 is 5.69. The number of anilines is 1. The van der Waals surface area contributed by atoms with Gasteiger partial charge in [0.1, 0.15) is 0 Å². The summed E-state index contributed by atoms with van der Waals surface area (Å²) in [5.41, 5.74) is 0. The zero-order valence-corrected chi connectivity index (χ0v) is 14.2. The van der Waals surface area contributed by atoms with E-state index >= 15 is 0 Å². The number of ether oxygens (including phenoxy) is 1. The van der Waals surface area contributed by atoms with Gasteiger partial charge in [-0.15, -0.1) is 0 Å². The summed E-state index contributed by atoms with van der Waals surface area (Å²) in [5, 5.41) is 0. The summed E-state index contributed by atoms with van der Waals surface area (Å²) >= 11 is 0. The van der Waals surface area contributed by atoms with Gasteiger partial charge in [0.25, 0.3) is 0 Å². The number of nitrogens with zero attached hydrogens (tertiary/aromatic N) is 4. The average molecular weight is 304 g/mol. The van der Waals surface area contributed by atoms with Crippen LogP contribution in [-0.4, -0.2) is 52.2 Å². The molecule has 0 saturated carbocycles. The Morgan fingerprint density at radius 3 is 2.59 bits per heavy atom. The molecule has 22 heavy (non-hydrogen) atoms. The van der Waals surface area contributed by atoms with E-state index in [0.29, 0.717) is 18.0 Å². The van der Waals surface area contributed by atoms with Crippen molar-refractivity contribution in [2.45, 2.75) is 71.2 Å².